The van der Waals surface area contributed by atoms with Gasteiger partial charge in [0.1, 0.15) is 11.9 Å². The lowest BCUT2D eigenvalue weighted by molar-refractivity contribution is -0.132. The van der Waals surface area contributed by atoms with E-state index in [4.69, 9.17) is 20.8 Å². The number of benzene rings is 1. The number of nitrogens with zero attached hydrogens (tertiary/aromatic N) is 3. The number of rotatable bonds is 4. The molecule has 1 atom stereocenters. The van der Waals surface area contributed by atoms with Crippen LogP contribution in [0.25, 0.3) is 0 Å². The first-order valence-electron chi connectivity index (χ1n) is 10.8. The monoisotopic (exact) mass is 445 g/mol. The van der Waals surface area contributed by atoms with Crippen LogP contribution in [0.3, 0.4) is 0 Å². The summed E-state index contributed by atoms with van der Waals surface area (Å²) < 4.78 is 11.4. The molecule has 2 aromatic rings. The highest BCUT2D eigenvalue weighted by Crippen LogP contribution is 2.29. The third kappa shape index (κ3) is 5.22. The number of hydrogen-bond donors (Lipinski definition) is 0. The van der Waals surface area contributed by atoms with Crippen molar-refractivity contribution in [3.8, 4) is 5.75 Å². The van der Waals surface area contributed by atoms with Gasteiger partial charge in [-0.05, 0) is 37.1 Å². The number of carbonyl (C=O) groups is 2. The molecule has 31 heavy (non-hydrogen) atoms. The predicted octanol–water partition coefficient (Wildman–Crippen LogP) is 3.28. The number of halogens is 1. The average Bonchev–Trinajstić information content (AvgIpc) is 3.10. The van der Waals surface area contributed by atoms with Crippen LogP contribution in [0.1, 0.15) is 35.9 Å². The first-order chi connectivity index (χ1) is 15.0. The van der Waals surface area contributed by atoms with Gasteiger partial charge < -0.3 is 19.0 Å². The molecular formula is C23H28ClN3O4. The van der Waals surface area contributed by atoms with Crippen LogP contribution in [0.5, 0.6) is 5.75 Å². The Morgan fingerprint density at radius 1 is 1.13 bits per heavy atom. The van der Waals surface area contributed by atoms with Crippen molar-refractivity contribution < 1.29 is 18.7 Å². The maximum atomic E-state index is 13.1. The van der Waals surface area contributed by atoms with Crippen molar-refractivity contribution in [2.24, 2.45) is 0 Å². The standard InChI is InChI=1S/C23H28ClN3O4/c1-2-19-15-25(14-17-6-7-18(24)13-21(17)31-19)16-22(28)26-8-4-9-27(11-10-26)23(29)20-5-3-12-30-20/h3,5-7,12-13,19H,2,4,8-11,14-16H2,1H3. The van der Waals surface area contributed by atoms with Crippen LogP contribution in [0.15, 0.2) is 41.0 Å². The molecule has 0 bridgehead atoms. The Hall–Kier alpha value is -2.51. The van der Waals surface area contributed by atoms with Gasteiger partial charge in [-0.3, -0.25) is 14.5 Å². The Labute approximate surface area is 187 Å². The summed E-state index contributed by atoms with van der Waals surface area (Å²) in [6.45, 7) is 6.04. The zero-order valence-electron chi connectivity index (χ0n) is 17.8. The highest BCUT2D eigenvalue weighted by Gasteiger charge is 2.27. The van der Waals surface area contributed by atoms with Crippen molar-refractivity contribution in [2.75, 3.05) is 39.3 Å². The van der Waals surface area contributed by atoms with Gasteiger partial charge in [0, 0.05) is 49.9 Å². The topological polar surface area (TPSA) is 66.2 Å². The zero-order valence-corrected chi connectivity index (χ0v) is 18.5. The van der Waals surface area contributed by atoms with Gasteiger partial charge in [-0.2, -0.15) is 0 Å². The number of furan rings is 1. The van der Waals surface area contributed by atoms with Gasteiger partial charge in [-0.25, -0.2) is 0 Å². The van der Waals surface area contributed by atoms with E-state index >= 15 is 0 Å². The molecular weight excluding hydrogens is 418 g/mol. The largest absolute Gasteiger partial charge is 0.489 e. The smallest absolute Gasteiger partial charge is 0.289 e. The molecule has 0 aliphatic carbocycles. The molecule has 3 heterocycles. The molecule has 0 N–H and O–H groups in total. The van der Waals surface area contributed by atoms with Crippen molar-refractivity contribution in [3.05, 3.63) is 52.9 Å². The number of carbonyl (C=O) groups excluding carboxylic acids is 2. The number of fused-ring (bicyclic) bond motifs is 1. The zero-order chi connectivity index (χ0) is 21.8. The van der Waals surface area contributed by atoms with Gasteiger partial charge in [-0.1, -0.05) is 24.6 Å². The number of amides is 2. The molecule has 166 valence electrons. The molecule has 7 nitrogen and oxygen atoms in total. The summed E-state index contributed by atoms with van der Waals surface area (Å²) in [7, 11) is 0. The molecule has 8 heteroatoms. The number of ether oxygens (including phenoxy) is 1. The second-order valence-corrected chi connectivity index (χ2v) is 8.51. The fourth-order valence-corrected chi connectivity index (χ4v) is 4.29. The Morgan fingerprint density at radius 3 is 2.71 bits per heavy atom. The summed E-state index contributed by atoms with van der Waals surface area (Å²) in [5.41, 5.74) is 1.04. The molecule has 0 spiro atoms. The summed E-state index contributed by atoms with van der Waals surface area (Å²) in [6.07, 6.45) is 3.12. The van der Waals surface area contributed by atoms with E-state index in [0.29, 0.717) is 56.6 Å². The molecule has 0 saturated carbocycles. The van der Waals surface area contributed by atoms with Gasteiger partial charge in [0.15, 0.2) is 5.76 Å². The second-order valence-electron chi connectivity index (χ2n) is 8.07. The lowest BCUT2D eigenvalue weighted by atomic mass is 10.2. The highest BCUT2D eigenvalue weighted by molar-refractivity contribution is 6.30. The SMILES string of the molecule is CCC1CN(CC(=O)N2CCCN(C(=O)c3ccco3)CC2)Cc2ccc(Cl)cc2O1. The van der Waals surface area contributed by atoms with Crippen molar-refractivity contribution in [1.29, 1.82) is 0 Å². The normalized spacial score (nSPS) is 19.9. The highest BCUT2D eigenvalue weighted by atomic mass is 35.5. The third-order valence-electron chi connectivity index (χ3n) is 5.86. The van der Waals surface area contributed by atoms with E-state index in [2.05, 4.69) is 11.8 Å². The summed E-state index contributed by atoms with van der Waals surface area (Å²) in [6, 6.07) is 9.06. The molecule has 2 aliphatic rings. The molecule has 1 aromatic heterocycles. The minimum absolute atomic E-state index is 0.0121. The van der Waals surface area contributed by atoms with E-state index in [0.717, 1.165) is 24.2 Å². The fourth-order valence-electron chi connectivity index (χ4n) is 4.13. The van der Waals surface area contributed by atoms with Gasteiger partial charge in [0.2, 0.25) is 5.91 Å². The van der Waals surface area contributed by atoms with E-state index in [9.17, 15) is 9.59 Å². The molecule has 1 saturated heterocycles. The van der Waals surface area contributed by atoms with Crippen molar-refractivity contribution in [1.82, 2.24) is 14.7 Å². The third-order valence-corrected chi connectivity index (χ3v) is 6.10. The summed E-state index contributed by atoms with van der Waals surface area (Å²) in [4.78, 5) is 31.4. The number of hydrogen-bond acceptors (Lipinski definition) is 5. The molecule has 4 rings (SSSR count). The lowest BCUT2D eigenvalue weighted by Gasteiger charge is -2.27. The summed E-state index contributed by atoms with van der Waals surface area (Å²) >= 11 is 6.14. The quantitative estimate of drug-likeness (QED) is 0.722. The van der Waals surface area contributed by atoms with E-state index in [1.54, 1.807) is 17.0 Å². The maximum absolute atomic E-state index is 13.1. The van der Waals surface area contributed by atoms with Gasteiger partial charge in [0.05, 0.1) is 12.8 Å². The predicted molar refractivity (Wildman–Crippen MR) is 117 cm³/mol. The minimum atomic E-state index is -0.120. The average molecular weight is 446 g/mol. The van der Waals surface area contributed by atoms with Gasteiger partial charge in [-0.15, -0.1) is 0 Å². The Bertz CT molecular complexity index is 918. The van der Waals surface area contributed by atoms with Crippen LogP contribution in [0.4, 0.5) is 0 Å². The van der Waals surface area contributed by atoms with Gasteiger partial charge in [0.25, 0.3) is 5.91 Å². The van der Waals surface area contributed by atoms with Crippen molar-refractivity contribution >= 4 is 23.4 Å². The van der Waals surface area contributed by atoms with Gasteiger partial charge >= 0.3 is 0 Å². The van der Waals surface area contributed by atoms with Crippen LogP contribution in [0, 0.1) is 0 Å². The molecule has 2 aliphatic heterocycles. The van der Waals surface area contributed by atoms with E-state index in [-0.39, 0.29) is 17.9 Å². The molecule has 2 amide bonds. The minimum Gasteiger partial charge on any atom is -0.489 e. The lowest BCUT2D eigenvalue weighted by Crippen LogP contribution is -2.44. The Morgan fingerprint density at radius 2 is 1.94 bits per heavy atom. The first-order valence-corrected chi connectivity index (χ1v) is 11.2. The Kier molecular flexibility index (Phi) is 6.83. The summed E-state index contributed by atoms with van der Waals surface area (Å²) in [5.74, 6) is 1.11. The van der Waals surface area contributed by atoms with Crippen LogP contribution >= 0.6 is 11.6 Å². The van der Waals surface area contributed by atoms with E-state index in [1.807, 2.05) is 23.1 Å². The van der Waals surface area contributed by atoms with E-state index in [1.165, 1.54) is 6.26 Å². The van der Waals surface area contributed by atoms with Crippen LogP contribution in [0.2, 0.25) is 5.02 Å². The second kappa shape index (κ2) is 9.75. The molecule has 0 radical (unpaired) electrons. The molecule has 1 fully saturated rings. The van der Waals surface area contributed by atoms with Crippen LogP contribution in [-0.2, 0) is 11.3 Å². The molecule has 1 unspecified atom stereocenters. The van der Waals surface area contributed by atoms with Crippen molar-refractivity contribution in [2.45, 2.75) is 32.4 Å². The van der Waals surface area contributed by atoms with E-state index < -0.39 is 0 Å². The summed E-state index contributed by atoms with van der Waals surface area (Å²) in [5, 5.41) is 0.649. The fraction of sp³-hybridized carbons (Fsp3) is 0.478. The Balaban J connectivity index is 1.38. The first kappa shape index (κ1) is 21.7. The molecule has 1 aromatic carbocycles. The van der Waals surface area contributed by atoms with Crippen LogP contribution < -0.4 is 4.74 Å². The maximum Gasteiger partial charge on any atom is 0.289 e. The van der Waals surface area contributed by atoms with Crippen molar-refractivity contribution in [3.63, 3.8) is 0 Å². The van der Waals surface area contributed by atoms with Crippen LogP contribution in [-0.4, -0.2) is 71.9 Å².